The fraction of sp³-hybridized carbons (Fsp3) is 0.588. The van der Waals surface area contributed by atoms with Crippen molar-refractivity contribution >= 4 is 18.3 Å². The summed E-state index contributed by atoms with van der Waals surface area (Å²) in [6.07, 6.45) is 3.49. The van der Waals surface area contributed by atoms with Crippen LogP contribution >= 0.6 is 12.4 Å². The largest absolute Gasteiger partial charge is 0.348 e. The van der Waals surface area contributed by atoms with Crippen LogP contribution < -0.4 is 11.1 Å². The summed E-state index contributed by atoms with van der Waals surface area (Å²) in [5, 5.41) is 3.09. The van der Waals surface area contributed by atoms with Crippen LogP contribution in [0.1, 0.15) is 37.8 Å². The molecular formula is C17H28ClN3O. The molecule has 2 unspecified atom stereocenters. The summed E-state index contributed by atoms with van der Waals surface area (Å²) in [6.45, 7) is 5.30. The van der Waals surface area contributed by atoms with Gasteiger partial charge in [-0.15, -0.1) is 12.4 Å². The van der Waals surface area contributed by atoms with Crippen molar-refractivity contribution in [3.05, 3.63) is 35.9 Å². The zero-order chi connectivity index (χ0) is 15.1. The molecule has 1 aromatic carbocycles. The zero-order valence-electron chi connectivity index (χ0n) is 13.3. The predicted octanol–water partition coefficient (Wildman–Crippen LogP) is 2.35. The van der Waals surface area contributed by atoms with Crippen molar-refractivity contribution in [2.75, 3.05) is 26.2 Å². The van der Waals surface area contributed by atoms with Crippen molar-refractivity contribution in [2.45, 2.75) is 32.2 Å². The van der Waals surface area contributed by atoms with Crippen molar-refractivity contribution in [3.8, 4) is 0 Å². The number of benzene rings is 1. The third-order valence-electron chi connectivity index (χ3n) is 4.22. The van der Waals surface area contributed by atoms with E-state index in [0.29, 0.717) is 12.5 Å². The lowest BCUT2D eigenvalue weighted by atomic mass is 9.95. The quantitative estimate of drug-likeness (QED) is 0.844. The molecule has 124 valence electrons. The van der Waals surface area contributed by atoms with Gasteiger partial charge in [0.1, 0.15) is 0 Å². The van der Waals surface area contributed by atoms with E-state index in [1.807, 2.05) is 37.3 Å². The zero-order valence-corrected chi connectivity index (χ0v) is 14.1. The Labute approximate surface area is 139 Å². The Morgan fingerprint density at radius 1 is 1.41 bits per heavy atom. The van der Waals surface area contributed by atoms with Crippen LogP contribution in [0, 0.1) is 5.92 Å². The van der Waals surface area contributed by atoms with E-state index in [0.717, 1.165) is 31.6 Å². The molecule has 1 fully saturated rings. The number of nitrogens with two attached hydrogens (primary N) is 1. The number of halogens is 1. The third kappa shape index (κ3) is 5.95. The van der Waals surface area contributed by atoms with Gasteiger partial charge in [0.05, 0.1) is 12.6 Å². The van der Waals surface area contributed by atoms with E-state index >= 15 is 0 Å². The van der Waals surface area contributed by atoms with Gasteiger partial charge in [0.2, 0.25) is 5.91 Å². The number of amides is 1. The molecule has 0 bridgehead atoms. The van der Waals surface area contributed by atoms with Crippen molar-refractivity contribution in [1.82, 2.24) is 10.2 Å². The van der Waals surface area contributed by atoms with Gasteiger partial charge >= 0.3 is 0 Å². The fourth-order valence-corrected chi connectivity index (χ4v) is 3.08. The Bertz CT molecular complexity index is 439. The van der Waals surface area contributed by atoms with Crippen LogP contribution in [0.4, 0.5) is 0 Å². The van der Waals surface area contributed by atoms with E-state index in [1.54, 1.807) is 0 Å². The molecule has 0 aliphatic carbocycles. The number of carbonyl (C=O) groups excluding carboxylic acids is 1. The number of rotatable bonds is 6. The lowest BCUT2D eigenvalue weighted by molar-refractivity contribution is -0.123. The molecule has 1 saturated heterocycles. The number of carbonyl (C=O) groups is 1. The van der Waals surface area contributed by atoms with E-state index in [1.165, 1.54) is 12.8 Å². The smallest absolute Gasteiger partial charge is 0.234 e. The van der Waals surface area contributed by atoms with Gasteiger partial charge in [-0.2, -0.15) is 0 Å². The summed E-state index contributed by atoms with van der Waals surface area (Å²) in [6, 6.07) is 10.1. The van der Waals surface area contributed by atoms with E-state index in [-0.39, 0.29) is 24.4 Å². The first-order valence-electron chi connectivity index (χ1n) is 7.95. The molecule has 0 spiro atoms. The Kier molecular flexibility index (Phi) is 8.46. The number of nitrogens with one attached hydrogen (secondary N) is 1. The second-order valence-electron chi connectivity index (χ2n) is 6.02. The Morgan fingerprint density at radius 2 is 2.14 bits per heavy atom. The van der Waals surface area contributed by atoms with Crippen molar-refractivity contribution in [3.63, 3.8) is 0 Å². The molecule has 4 nitrogen and oxygen atoms in total. The number of likely N-dealkylation sites (tertiary alicyclic amines) is 1. The monoisotopic (exact) mass is 325 g/mol. The van der Waals surface area contributed by atoms with Gasteiger partial charge in [-0.1, -0.05) is 30.3 Å². The molecule has 22 heavy (non-hydrogen) atoms. The fourth-order valence-electron chi connectivity index (χ4n) is 3.08. The van der Waals surface area contributed by atoms with Crippen molar-refractivity contribution in [2.24, 2.45) is 11.7 Å². The van der Waals surface area contributed by atoms with E-state index in [2.05, 4.69) is 10.2 Å². The average Bonchev–Trinajstić information content (AvgIpc) is 2.48. The van der Waals surface area contributed by atoms with Crippen LogP contribution in [0.25, 0.3) is 0 Å². The second-order valence-corrected chi connectivity index (χ2v) is 6.02. The van der Waals surface area contributed by atoms with Crippen LogP contribution in [0.3, 0.4) is 0 Å². The van der Waals surface area contributed by atoms with Crippen LogP contribution in [-0.2, 0) is 4.79 Å². The lowest BCUT2D eigenvalue weighted by Gasteiger charge is -2.32. The molecule has 2 rings (SSSR count). The number of hydrogen-bond donors (Lipinski definition) is 2. The molecule has 1 aromatic rings. The van der Waals surface area contributed by atoms with Crippen LogP contribution in [0.15, 0.2) is 30.3 Å². The Hall–Kier alpha value is -1.10. The molecule has 5 heteroatoms. The molecule has 0 radical (unpaired) electrons. The molecular weight excluding hydrogens is 298 g/mol. The van der Waals surface area contributed by atoms with Crippen molar-refractivity contribution in [1.29, 1.82) is 0 Å². The van der Waals surface area contributed by atoms with Gasteiger partial charge in [0.25, 0.3) is 0 Å². The van der Waals surface area contributed by atoms with E-state index in [9.17, 15) is 4.79 Å². The molecule has 1 aliphatic heterocycles. The Balaban J connectivity index is 0.00000242. The summed E-state index contributed by atoms with van der Waals surface area (Å²) < 4.78 is 0. The van der Waals surface area contributed by atoms with Crippen molar-refractivity contribution < 1.29 is 4.79 Å². The minimum atomic E-state index is 0. The van der Waals surface area contributed by atoms with E-state index in [4.69, 9.17) is 5.73 Å². The number of nitrogens with zero attached hydrogens (tertiary/aromatic N) is 1. The number of hydrogen-bond acceptors (Lipinski definition) is 3. The summed E-state index contributed by atoms with van der Waals surface area (Å²) in [5.41, 5.74) is 6.78. The molecule has 3 N–H and O–H groups in total. The molecule has 1 amide bonds. The highest BCUT2D eigenvalue weighted by Gasteiger charge is 2.21. The maximum absolute atomic E-state index is 12.2. The minimum absolute atomic E-state index is 0. The predicted molar refractivity (Wildman–Crippen MR) is 93.1 cm³/mol. The summed E-state index contributed by atoms with van der Waals surface area (Å²) >= 11 is 0. The molecule has 1 aliphatic rings. The first-order chi connectivity index (χ1) is 10.2. The van der Waals surface area contributed by atoms with Gasteiger partial charge < -0.3 is 11.1 Å². The second kappa shape index (κ2) is 9.82. The topological polar surface area (TPSA) is 58.4 Å². The van der Waals surface area contributed by atoms with Gasteiger partial charge in [0.15, 0.2) is 0 Å². The maximum atomic E-state index is 12.2. The highest BCUT2D eigenvalue weighted by molar-refractivity contribution is 5.85. The highest BCUT2D eigenvalue weighted by atomic mass is 35.5. The lowest BCUT2D eigenvalue weighted by Crippen LogP contribution is -2.43. The number of piperidine rings is 1. The van der Waals surface area contributed by atoms with Gasteiger partial charge in [-0.05, 0) is 50.8 Å². The standard InChI is InChI=1S/C17H27N3O.ClH/c1-14(16-7-3-2-4-8-16)19-17(21)13-20-11-5-6-15(12-20)9-10-18;/h2-4,7-8,14-15H,5-6,9-13,18H2,1H3,(H,19,21);1H. The van der Waals surface area contributed by atoms with Gasteiger partial charge in [-0.25, -0.2) is 0 Å². The molecule has 1 heterocycles. The molecule has 0 saturated carbocycles. The summed E-state index contributed by atoms with van der Waals surface area (Å²) in [5.74, 6) is 0.767. The first-order valence-corrected chi connectivity index (χ1v) is 7.95. The normalized spacial score (nSPS) is 20.0. The molecule has 2 atom stereocenters. The highest BCUT2D eigenvalue weighted by Crippen LogP contribution is 2.18. The van der Waals surface area contributed by atoms with E-state index < -0.39 is 0 Å². The summed E-state index contributed by atoms with van der Waals surface area (Å²) in [4.78, 5) is 14.4. The third-order valence-corrected chi connectivity index (χ3v) is 4.22. The Morgan fingerprint density at radius 3 is 2.82 bits per heavy atom. The van der Waals surface area contributed by atoms with Crippen LogP contribution in [0.5, 0.6) is 0 Å². The SMILES string of the molecule is CC(NC(=O)CN1CCCC(CCN)C1)c1ccccc1.Cl. The minimum Gasteiger partial charge on any atom is -0.348 e. The van der Waals surface area contributed by atoms with Crippen LogP contribution in [0.2, 0.25) is 0 Å². The van der Waals surface area contributed by atoms with Gasteiger partial charge in [0, 0.05) is 6.54 Å². The molecule has 0 aromatic heterocycles. The first kappa shape index (κ1) is 18.9. The van der Waals surface area contributed by atoms with Crippen LogP contribution in [-0.4, -0.2) is 37.0 Å². The maximum Gasteiger partial charge on any atom is 0.234 e. The summed E-state index contributed by atoms with van der Waals surface area (Å²) in [7, 11) is 0. The van der Waals surface area contributed by atoms with Gasteiger partial charge in [-0.3, -0.25) is 9.69 Å². The average molecular weight is 326 g/mol.